The number of likely N-dealkylation sites (tertiary alicyclic amines) is 1. The number of piperidine rings is 1. The Hall–Kier alpha value is -1.30. The van der Waals surface area contributed by atoms with Crippen molar-refractivity contribution in [2.45, 2.75) is 142 Å². The summed E-state index contributed by atoms with van der Waals surface area (Å²) in [5, 5.41) is 19.7. The van der Waals surface area contributed by atoms with Crippen LogP contribution in [0, 0.1) is 5.92 Å². The summed E-state index contributed by atoms with van der Waals surface area (Å²) in [5.74, 6) is -2.02. The number of carbonyl (C=O) groups excluding carboxylic acids is 1. The minimum Gasteiger partial charge on any atom is -0.481 e. The molecular weight excluding hydrogens is 406 g/mol. The molecule has 1 fully saturated rings. The lowest BCUT2D eigenvalue weighted by atomic mass is 9.87. The Balaban J connectivity index is 2.28. The van der Waals surface area contributed by atoms with Crippen LogP contribution in [0.5, 0.6) is 0 Å². The van der Waals surface area contributed by atoms with E-state index in [2.05, 4.69) is 6.92 Å². The summed E-state index contributed by atoms with van der Waals surface area (Å²) in [4.78, 5) is 25.7. The van der Waals surface area contributed by atoms with Gasteiger partial charge in [-0.25, -0.2) is 4.79 Å². The largest absolute Gasteiger partial charge is 0.481 e. The number of aliphatic hydroxyl groups is 1. The molecule has 1 amide bonds. The van der Waals surface area contributed by atoms with Crippen LogP contribution in [0.2, 0.25) is 0 Å². The molecule has 6 nitrogen and oxygen atoms in total. The molecule has 0 aromatic rings. The SMILES string of the molecule is CCCCCCCCCCCCCCC[C@@H]1C[C@@H](O)[C@@H](C(=O)O)CN1C(=O)OC(C)(C)C. The molecule has 32 heavy (non-hydrogen) atoms. The molecule has 0 aromatic heterocycles. The molecule has 2 N–H and O–H groups in total. The molecule has 1 rings (SSSR count). The summed E-state index contributed by atoms with van der Waals surface area (Å²) in [5.41, 5.74) is -0.633. The van der Waals surface area contributed by atoms with Crippen molar-refractivity contribution in [3.8, 4) is 0 Å². The molecule has 1 aliphatic rings. The third-order valence-corrected chi connectivity index (χ3v) is 6.40. The molecule has 1 saturated heterocycles. The normalized spacial score (nSPS) is 21.5. The van der Waals surface area contributed by atoms with Crippen LogP contribution in [-0.4, -0.2) is 51.5 Å². The first-order valence-electron chi connectivity index (χ1n) is 13.1. The van der Waals surface area contributed by atoms with Crippen LogP contribution in [0.3, 0.4) is 0 Å². The molecule has 1 aliphatic heterocycles. The third-order valence-electron chi connectivity index (χ3n) is 6.40. The van der Waals surface area contributed by atoms with Crippen molar-refractivity contribution in [1.29, 1.82) is 0 Å². The minimum absolute atomic E-state index is 0.00846. The van der Waals surface area contributed by atoms with E-state index in [1.165, 1.54) is 75.5 Å². The smallest absolute Gasteiger partial charge is 0.410 e. The van der Waals surface area contributed by atoms with Crippen molar-refractivity contribution in [2.24, 2.45) is 5.92 Å². The van der Waals surface area contributed by atoms with Crippen LogP contribution >= 0.6 is 0 Å². The number of hydrogen-bond acceptors (Lipinski definition) is 4. The number of ether oxygens (including phenoxy) is 1. The van der Waals surface area contributed by atoms with Gasteiger partial charge in [-0.1, -0.05) is 90.4 Å². The van der Waals surface area contributed by atoms with Crippen LogP contribution < -0.4 is 0 Å². The summed E-state index contributed by atoms with van der Waals surface area (Å²) < 4.78 is 5.50. The predicted molar refractivity (Wildman–Crippen MR) is 129 cm³/mol. The van der Waals surface area contributed by atoms with Gasteiger partial charge in [0.1, 0.15) is 11.5 Å². The van der Waals surface area contributed by atoms with Gasteiger partial charge in [0.25, 0.3) is 0 Å². The lowest BCUT2D eigenvalue weighted by Gasteiger charge is -2.41. The Kier molecular flexibility index (Phi) is 13.9. The number of carbonyl (C=O) groups is 2. The van der Waals surface area contributed by atoms with Gasteiger partial charge in [-0.3, -0.25) is 4.79 Å². The second-order valence-electron chi connectivity index (χ2n) is 10.6. The standard InChI is InChI=1S/C26H49NO5/c1-5-6-7-8-9-10-11-12-13-14-15-16-17-18-21-19-23(28)22(24(29)30)20-27(21)25(31)32-26(2,3)4/h21-23,28H,5-20H2,1-4H3,(H,29,30)/t21-,22+,23-/m1/s1. The van der Waals surface area contributed by atoms with E-state index in [-0.39, 0.29) is 12.6 Å². The first kappa shape index (κ1) is 28.7. The first-order chi connectivity index (χ1) is 15.2. The van der Waals surface area contributed by atoms with E-state index in [4.69, 9.17) is 4.74 Å². The lowest BCUT2D eigenvalue weighted by Crippen LogP contribution is -2.55. The zero-order valence-electron chi connectivity index (χ0n) is 21.1. The molecule has 0 radical (unpaired) electrons. The summed E-state index contributed by atoms with van der Waals surface area (Å²) in [6.45, 7) is 7.68. The number of rotatable bonds is 15. The van der Waals surface area contributed by atoms with Gasteiger partial charge in [0.2, 0.25) is 0 Å². The van der Waals surface area contributed by atoms with Crippen molar-refractivity contribution in [3.05, 3.63) is 0 Å². The van der Waals surface area contributed by atoms with Crippen molar-refractivity contribution < 1.29 is 24.5 Å². The quantitative estimate of drug-likeness (QED) is 0.274. The summed E-state index contributed by atoms with van der Waals surface area (Å²) >= 11 is 0. The molecule has 0 aromatic carbocycles. The number of nitrogens with zero attached hydrogens (tertiary/aromatic N) is 1. The molecule has 6 heteroatoms. The monoisotopic (exact) mass is 455 g/mol. The van der Waals surface area contributed by atoms with Crippen molar-refractivity contribution in [3.63, 3.8) is 0 Å². The van der Waals surface area contributed by atoms with Crippen LogP contribution in [0.25, 0.3) is 0 Å². The number of hydrogen-bond donors (Lipinski definition) is 2. The second-order valence-corrected chi connectivity index (χ2v) is 10.6. The number of amides is 1. The molecule has 1 heterocycles. The van der Waals surface area contributed by atoms with Crippen LogP contribution in [-0.2, 0) is 9.53 Å². The van der Waals surface area contributed by atoms with Gasteiger partial charge in [0.15, 0.2) is 0 Å². The Bertz CT molecular complexity index is 531. The van der Waals surface area contributed by atoms with Gasteiger partial charge >= 0.3 is 12.1 Å². The van der Waals surface area contributed by atoms with E-state index in [0.29, 0.717) is 6.42 Å². The van der Waals surface area contributed by atoms with E-state index in [1.807, 2.05) is 0 Å². The Morgan fingerprint density at radius 2 is 1.34 bits per heavy atom. The molecular formula is C26H49NO5. The van der Waals surface area contributed by atoms with Crippen molar-refractivity contribution in [2.75, 3.05) is 6.54 Å². The topological polar surface area (TPSA) is 87.1 Å². The zero-order valence-corrected chi connectivity index (χ0v) is 21.1. The average molecular weight is 456 g/mol. The molecule has 188 valence electrons. The van der Waals surface area contributed by atoms with E-state index in [1.54, 1.807) is 20.8 Å². The highest BCUT2D eigenvalue weighted by Gasteiger charge is 2.41. The molecule has 0 aliphatic carbocycles. The van der Waals surface area contributed by atoms with Gasteiger partial charge < -0.3 is 19.8 Å². The van der Waals surface area contributed by atoms with E-state index in [0.717, 1.165) is 19.3 Å². The number of aliphatic hydroxyl groups excluding tert-OH is 1. The number of carboxylic acid groups (broad SMARTS) is 1. The average Bonchev–Trinajstić information content (AvgIpc) is 2.69. The molecule has 0 bridgehead atoms. The Morgan fingerprint density at radius 3 is 1.78 bits per heavy atom. The number of unbranched alkanes of at least 4 members (excludes halogenated alkanes) is 12. The van der Waals surface area contributed by atoms with Gasteiger partial charge in [0, 0.05) is 12.6 Å². The maximum absolute atomic E-state index is 12.7. The van der Waals surface area contributed by atoms with Crippen molar-refractivity contribution >= 4 is 12.1 Å². The molecule has 0 saturated carbocycles. The molecule has 3 atom stereocenters. The fourth-order valence-corrected chi connectivity index (χ4v) is 4.51. The first-order valence-corrected chi connectivity index (χ1v) is 13.1. The minimum atomic E-state index is -1.06. The summed E-state index contributed by atoms with van der Waals surface area (Å²) in [6.07, 6.45) is 16.4. The fourth-order valence-electron chi connectivity index (χ4n) is 4.51. The second kappa shape index (κ2) is 15.5. The highest BCUT2D eigenvalue weighted by Crippen LogP contribution is 2.28. The van der Waals surface area contributed by atoms with Gasteiger partial charge in [-0.2, -0.15) is 0 Å². The van der Waals surface area contributed by atoms with E-state index >= 15 is 0 Å². The number of aliphatic carboxylic acids is 1. The third kappa shape index (κ3) is 12.1. The maximum atomic E-state index is 12.7. The highest BCUT2D eigenvalue weighted by molar-refractivity contribution is 5.74. The fraction of sp³-hybridized carbons (Fsp3) is 0.923. The number of carboxylic acids is 1. The predicted octanol–water partition coefficient (Wildman–Crippen LogP) is 6.54. The zero-order chi connectivity index (χ0) is 24.0. The van der Waals surface area contributed by atoms with Crippen LogP contribution in [0.15, 0.2) is 0 Å². The molecule has 0 spiro atoms. The van der Waals surface area contributed by atoms with E-state index < -0.39 is 29.7 Å². The summed E-state index contributed by atoms with van der Waals surface area (Å²) in [6, 6.07) is -0.164. The maximum Gasteiger partial charge on any atom is 0.410 e. The van der Waals surface area contributed by atoms with Crippen molar-refractivity contribution in [1.82, 2.24) is 4.90 Å². The van der Waals surface area contributed by atoms with Gasteiger partial charge in [-0.15, -0.1) is 0 Å². The lowest BCUT2D eigenvalue weighted by molar-refractivity contribution is -0.149. The molecule has 0 unspecified atom stereocenters. The van der Waals surface area contributed by atoms with Crippen LogP contribution in [0.1, 0.15) is 124 Å². The van der Waals surface area contributed by atoms with Gasteiger partial charge in [0.05, 0.1) is 6.10 Å². The summed E-state index contributed by atoms with van der Waals surface area (Å²) in [7, 11) is 0. The van der Waals surface area contributed by atoms with E-state index in [9.17, 15) is 19.8 Å². The Labute approximate surface area is 196 Å². The Morgan fingerprint density at radius 1 is 0.875 bits per heavy atom. The highest BCUT2D eigenvalue weighted by atomic mass is 16.6. The van der Waals surface area contributed by atoms with Crippen LogP contribution in [0.4, 0.5) is 4.79 Å². The van der Waals surface area contributed by atoms with Gasteiger partial charge in [-0.05, 0) is 33.6 Å².